The Balaban J connectivity index is 1.28. The second-order valence-electron chi connectivity index (χ2n) is 9.04. The van der Waals surface area contributed by atoms with E-state index in [1.165, 1.54) is 5.56 Å². The maximum Gasteiger partial charge on any atom is 0.270 e. The van der Waals surface area contributed by atoms with Crippen molar-refractivity contribution in [2.45, 2.75) is 39.4 Å². The summed E-state index contributed by atoms with van der Waals surface area (Å²) in [6, 6.07) is 11.2. The summed E-state index contributed by atoms with van der Waals surface area (Å²) in [6.45, 7) is 8.70. The SMILES string of the molecule is CC(C)[C@@H](NC(=O)c1ccccn1)c1nnc2n1CCN(Cc1ccc3c(c1)OCCO3)CC2. The van der Waals surface area contributed by atoms with Gasteiger partial charge in [0, 0.05) is 38.8 Å². The summed E-state index contributed by atoms with van der Waals surface area (Å²) in [7, 11) is 0. The Bertz CT molecular complexity index is 1150. The number of aromatic nitrogens is 4. The summed E-state index contributed by atoms with van der Waals surface area (Å²) < 4.78 is 13.6. The Morgan fingerprint density at radius 1 is 1.06 bits per heavy atom. The van der Waals surface area contributed by atoms with Crippen LogP contribution in [-0.4, -0.2) is 56.9 Å². The van der Waals surface area contributed by atoms with Crippen molar-refractivity contribution in [1.29, 1.82) is 0 Å². The third kappa shape index (κ3) is 4.75. The van der Waals surface area contributed by atoms with E-state index in [1.54, 1.807) is 18.3 Å². The average Bonchev–Trinajstić information content (AvgIpc) is 3.15. The van der Waals surface area contributed by atoms with E-state index in [1.807, 2.05) is 12.1 Å². The number of nitrogens with one attached hydrogen (secondary N) is 1. The first-order valence-electron chi connectivity index (χ1n) is 11.8. The van der Waals surface area contributed by atoms with Gasteiger partial charge in [0.1, 0.15) is 24.7 Å². The van der Waals surface area contributed by atoms with Crippen LogP contribution in [0.4, 0.5) is 0 Å². The van der Waals surface area contributed by atoms with Crippen molar-refractivity contribution in [2.24, 2.45) is 5.92 Å². The minimum Gasteiger partial charge on any atom is -0.486 e. The van der Waals surface area contributed by atoms with Crippen LogP contribution in [0.15, 0.2) is 42.6 Å². The number of fused-ring (bicyclic) bond motifs is 2. The van der Waals surface area contributed by atoms with Crippen LogP contribution >= 0.6 is 0 Å². The molecule has 0 aliphatic carbocycles. The Morgan fingerprint density at radius 2 is 1.91 bits per heavy atom. The van der Waals surface area contributed by atoms with Gasteiger partial charge in [-0.25, -0.2) is 0 Å². The van der Waals surface area contributed by atoms with Gasteiger partial charge in [-0.2, -0.15) is 0 Å². The minimum absolute atomic E-state index is 0.151. The van der Waals surface area contributed by atoms with Crippen molar-refractivity contribution in [3.63, 3.8) is 0 Å². The van der Waals surface area contributed by atoms with Gasteiger partial charge in [-0.1, -0.05) is 26.0 Å². The van der Waals surface area contributed by atoms with E-state index in [-0.39, 0.29) is 17.9 Å². The van der Waals surface area contributed by atoms with Crippen molar-refractivity contribution in [3.05, 3.63) is 65.5 Å². The summed E-state index contributed by atoms with van der Waals surface area (Å²) in [6.07, 6.45) is 2.43. The summed E-state index contributed by atoms with van der Waals surface area (Å²) in [4.78, 5) is 19.4. The van der Waals surface area contributed by atoms with E-state index in [2.05, 4.69) is 55.9 Å². The van der Waals surface area contributed by atoms with Crippen molar-refractivity contribution in [3.8, 4) is 11.5 Å². The van der Waals surface area contributed by atoms with Crippen LogP contribution in [-0.2, 0) is 19.5 Å². The number of amides is 1. The van der Waals surface area contributed by atoms with Crippen molar-refractivity contribution in [2.75, 3.05) is 26.3 Å². The molecule has 1 N–H and O–H groups in total. The smallest absolute Gasteiger partial charge is 0.270 e. The minimum atomic E-state index is -0.250. The van der Waals surface area contributed by atoms with Gasteiger partial charge in [0.15, 0.2) is 17.3 Å². The lowest BCUT2D eigenvalue weighted by atomic mass is 10.0. The van der Waals surface area contributed by atoms with Crippen LogP contribution in [0.25, 0.3) is 0 Å². The fraction of sp³-hybridized carbons (Fsp3) is 0.440. The molecule has 0 saturated carbocycles. The van der Waals surface area contributed by atoms with Crippen molar-refractivity contribution >= 4 is 5.91 Å². The molecule has 178 valence electrons. The first kappa shape index (κ1) is 22.3. The molecule has 0 radical (unpaired) electrons. The molecule has 2 aliphatic heterocycles. The third-order valence-corrected chi connectivity index (χ3v) is 6.29. The summed E-state index contributed by atoms with van der Waals surface area (Å²) in [5.41, 5.74) is 1.60. The molecule has 0 saturated heterocycles. The number of hydrogen-bond acceptors (Lipinski definition) is 7. The second-order valence-corrected chi connectivity index (χ2v) is 9.04. The Hall–Kier alpha value is -3.46. The molecule has 3 aromatic rings. The fourth-order valence-electron chi connectivity index (χ4n) is 4.46. The van der Waals surface area contributed by atoms with Gasteiger partial charge in [0.05, 0.1) is 6.04 Å². The van der Waals surface area contributed by atoms with E-state index in [0.717, 1.165) is 55.7 Å². The molecule has 1 atom stereocenters. The normalized spacial score (nSPS) is 16.6. The van der Waals surface area contributed by atoms with Gasteiger partial charge >= 0.3 is 0 Å². The van der Waals surface area contributed by atoms with E-state index in [0.29, 0.717) is 18.9 Å². The third-order valence-electron chi connectivity index (χ3n) is 6.29. The first-order valence-corrected chi connectivity index (χ1v) is 11.8. The number of carbonyl (C=O) groups excluding carboxylic acids is 1. The van der Waals surface area contributed by atoms with Crippen LogP contribution < -0.4 is 14.8 Å². The average molecular weight is 463 g/mol. The lowest BCUT2D eigenvalue weighted by Gasteiger charge is -2.24. The number of ether oxygens (including phenoxy) is 2. The standard InChI is InChI=1S/C25H30N6O3/c1-17(2)23(27-25(32)19-5-3-4-9-26-19)24-29-28-22-8-10-30(11-12-31(22)24)16-18-6-7-20-21(15-18)34-14-13-33-20/h3-7,9,15,17,23H,8,10-14,16H2,1-2H3,(H,27,32)/t23-/m1/s1. The number of carbonyl (C=O) groups is 1. The predicted molar refractivity (Wildman–Crippen MR) is 126 cm³/mol. The highest BCUT2D eigenvalue weighted by Crippen LogP contribution is 2.31. The molecule has 0 spiro atoms. The molecular weight excluding hydrogens is 432 g/mol. The Kier molecular flexibility index (Phi) is 6.44. The maximum atomic E-state index is 12.8. The molecule has 1 aromatic carbocycles. The van der Waals surface area contributed by atoms with Gasteiger partial charge in [0.25, 0.3) is 5.91 Å². The Morgan fingerprint density at radius 3 is 2.71 bits per heavy atom. The molecule has 2 aliphatic rings. The van der Waals surface area contributed by atoms with Gasteiger partial charge < -0.3 is 19.4 Å². The molecule has 0 bridgehead atoms. The predicted octanol–water partition coefficient (Wildman–Crippen LogP) is 2.63. The largest absolute Gasteiger partial charge is 0.486 e. The molecule has 2 aromatic heterocycles. The van der Waals surface area contributed by atoms with E-state index in [4.69, 9.17) is 9.47 Å². The van der Waals surface area contributed by atoms with Crippen LogP contribution in [0, 0.1) is 5.92 Å². The molecule has 9 heteroatoms. The zero-order chi connectivity index (χ0) is 23.5. The van der Waals surface area contributed by atoms with Gasteiger partial charge in [-0.05, 0) is 35.7 Å². The monoisotopic (exact) mass is 462 g/mol. The van der Waals surface area contributed by atoms with Crippen molar-refractivity contribution in [1.82, 2.24) is 30.0 Å². The van der Waals surface area contributed by atoms with E-state index >= 15 is 0 Å². The van der Waals surface area contributed by atoms with Crippen molar-refractivity contribution < 1.29 is 14.3 Å². The number of hydrogen-bond donors (Lipinski definition) is 1. The lowest BCUT2D eigenvalue weighted by molar-refractivity contribution is 0.0916. The molecule has 0 fully saturated rings. The summed E-state index contributed by atoms with van der Waals surface area (Å²) in [5, 5.41) is 12.1. The van der Waals surface area contributed by atoms with Gasteiger partial charge in [-0.3, -0.25) is 14.7 Å². The number of rotatable bonds is 6. The molecule has 5 rings (SSSR count). The van der Waals surface area contributed by atoms with Crippen LogP contribution in [0.5, 0.6) is 11.5 Å². The van der Waals surface area contributed by atoms with E-state index < -0.39 is 0 Å². The summed E-state index contributed by atoms with van der Waals surface area (Å²) in [5.74, 6) is 3.34. The Labute approximate surface area is 199 Å². The van der Waals surface area contributed by atoms with Crippen LogP contribution in [0.3, 0.4) is 0 Å². The van der Waals surface area contributed by atoms with Gasteiger partial charge in [-0.15, -0.1) is 10.2 Å². The molecule has 4 heterocycles. The first-order chi connectivity index (χ1) is 16.6. The highest BCUT2D eigenvalue weighted by Gasteiger charge is 2.28. The quantitative estimate of drug-likeness (QED) is 0.602. The van der Waals surface area contributed by atoms with Crippen LogP contribution in [0.2, 0.25) is 0 Å². The molecule has 34 heavy (non-hydrogen) atoms. The summed E-state index contributed by atoms with van der Waals surface area (Å²) >= 11 is 0. The molecule has 1 amide bonds. The number of benzene rings is 1. The zero-order valence-corrected chi connectivity index (χ0v) is 19.6. The number of pyridine rings is 1. The second kappa shape index (κ2) is 9.80. The maximum absolute atomic E-state index is 12.8. The van der Waals surface area contributed by atoms with E-state index in [9.17, 15) is 4.79 Å². The van der Waals surface area contributed by atoms with Gasteiger partial charge in [0.2, 0.25) is 0 Å². The fourth-order valence-corrected chi connectivity index (χ4v) is 4.46. The highest BCUT2D eigenvalue weighted by molar-refractivity contribution is 5.92. The molecule has 9 nitrogen and oxygen atoms in total. The highest BCUT2D eigenvalue weighted by atomic mass is 16.6. The zero-order valence-electron chi connectivity index (χ0n) is 19.6. The van der Waals surface area contributed by atoms with Crippen LogP contribution in [0.1, 0.15) is 47.6 Å². The molecule has 0 unspecified atom stereocenters. The number of nitrogens with zero attached hydrogens (tertiary/aromatic N) is 5. The lowest BCUT2D eigenvalue weighted by Crippen LogP contribution is -2.34. The molecular formula is C25H30N6O3. The topological polar surface area (TPSA) is 94.4 Å².